The third kappa shape index (κ3) is 2.21. The zero-order valence-electron chi connectivity index (χ0n) is 13.5. The van der Waals surface area contributed by atoms with E-state index in [0.717, 1.165) is 41.8 Å². The van der Waals surface area contributed by atoms with Crippen molar-refractivity contribution in [1.82, 2.24) is 4.98 Å². The second-order valence-electron chi connectivity index (χ2n) is 6.71. The van der Waals surface area contributed by atoms with Crippen LogP contribution in [0.3, 0.4) is 0 Å². The highest BCUT2D eigenvalue weighted by molar-refractivity contribution is 5.71. The van der Waals surface area contributed by atoms with Gasteiger partial charge in [-0.2, -0.15) is 0 Å². The lowest BCUT2D eigenvalue weighted by Gasteiger charge is -2.27. The number of aromatic nitrogens is 1. The van der Waals surface area contributed by atoms with E-state index >= 15 is 0 Å². The quantitative estimate of drug-likeness (QED) is 0.817. The summed E-state index contributed by atoms with van der Waals surface area (Å²) in [6.45, 7) is 0.704. The van der Waals surface area contributed by atoms with Crippen LogP contribution in [0.15, 0.2) is 36.5 Å². The lowest BCUT2D eigenvalue weighted by molar-refractivity contribution is -0.109. The molecule has 0 saturated heterocycles. The topological polar surface area (TPSA) is 42.4 Å². The number of aldehydes is 1. The predicted octanol–water partition coefficient (Wildman–Crippen LogP) is 3.05. The van der Waals surface area contributed by atoms with Crippen LogP contribution in [0.1, 0.15) is 18.4 Å². The van der Waals surface area contributed by atoms with Gasteiger partial charge in [0, 0.05) is 42.8 Å². The molecule has 23 heavy (non-hydrogen) atoms. The summed E-state index contributed by atoms with van der Waals surface area (Å²) in [5, 5.41) is 0. The first-order chi connectivity index (χ1) is 11.1. The van der Waals surface area contributed by atoms with Crippen LogP contribution in [-0.2, 0) is 10.2 Å². The van der Waals surface area contributed by atoms with E-state index < -0.39 is 0 Å². The van der Waals surface area contributed by atoms with Crippen LogP contribution in [0.4, 0.5) is 5.82 Å². The fourth-order valence-corrected chi connectivity index (χ4v) is 3.63. The molecule has 4 nitrogen and oxygen atoms in total. The average Bonchev–Trinajstić information content (AvgIpc) is 3.29. The van der Waals surface area contributed by atoms with E-state index in [1.54, 1.807) is 0 Å². The molecule has 1 aliphatic heterocycles. The fraction of sp³-hybridized carbons (Fsp3) is 0.368. The number of carbonyl (C=O) groups is 1. The van der Waals surface area contributed by atoms with Gasteiger partial charge in [-0.1, -0.05) is 6.07 Å². The standard InChI is InChI=1S/C19H20N2O2/c1-21(2)18-6-4-14(11-20-18)13-3-5-17-16(9-13)19(7-8-23-17)10-15(19)12-22/h3-6,9,11-12,15H,7-8,10H2,1-2H3. The number of fused-ring (bicyclic) bond motifs is 2. The van der Waals surface area contributed by atoms with E-state index in [2.05, 4.69) is 23.2 Å². The molecule has 2 unspecified atom stereocenters. The van der Waals surface area contributed by atoms with Crippen molar-refractivity contribution in [2.24, 2.45) is 5.92 Å². The van der Waals surface area contributed by atoms with Gasteiger partial charge in [0.05, 0.1) is 6.61 Å². The Hall–Kier alpha value is -2.36. The number of hydrogen-bond donors (Lipinski definition) is 0. The van der Waals surface area contributed by atoms with Gasteiger partial charge in [-0.3, -0.25) is 0 Å². The van der Waals surface area contributed by atoms with Crippen LogP contribution in [0, 0.1) is 5.92 Å². The minimum Gasteiger partial charge on any atom is -0.493 e. The second-order valence-corrected chi connectivity index (χ2v) is 6.71. The maximum atomic E-state index is 11.3. The molecule has 0 amide bonds. The van der Waals surface area contributed by atoms with E-state index in [1.807, 2.05) is 37.3 Å². The Bertz CT molecular complexity index is 754. The SMILES string of the molecule is CN(C)c1ccc(-c2ccc3c(c2)C2(CCO3)CC2C=O)cn1. The van der Waals surface area contributed by atoms with Gasteiger partial charge in [0.15, 0.2) is 0 Å². The Morgan fingerprint density at radius 3 is 2.74 bits per heavy atom. The van der Waals surface area contributed by atoms with E-state index in [-0.39, 0.29) is 11.3 Å². The van der Waals surface area contributed by atoms with Crippen molar-refractivity contribution in [3.8, 4) is 16.9 Å². The molecule has 0 N–H and O–H groups in total. The van der Waals surface area contributed by atoms with Crippen molar-refractivity contribution in [1.29, 1.82) is 0 Å². The second kappa shape index (κ2) is 5.08. The van der Waals surface area contributed by atoms with E-state index in [1.165, 1.54) is 5.56 Å². The van der Waals surface area contributed by atoms with E-state index in [4.69, 9.17) is 4.74 Å². The zero-order chi connectivity index (χ0) is 16.0. The summed E-state index contributed by atoms with van der Waals surface area (Å²) in [7, 11) is 3.96. The predicted molar refractivity (Wildman–Crippen MR) is 90.0 cm³/mol. The highest BCUT2D eigenvalue weighted by atomic mass is 16.5. The van der Waals surface area contributed by atoms with Crippen molar-refractivity contribution in [3.05, 3.63) is 42.1 Å². The van der Waals surface area contributed by atoms with Crippen molar-refractivity contribution in [2.45, 2.75) is 18.3 Å². The Morgan fingerprint density at radius 1 is 1.26 bits per heavy atom. The smallest absolute Gasteiger partial charge is 0.127 e. The molecule has 1 saturated carbocycles. The Kier molecular flexibility index (Phi) is 3.15. The minimum atomic E-state index is 0.0162. The summed E-state index contributed by atoms with van der Waals surface area (Å²) in [6, 6.07) is 10.4. The van der Waals surface area contributed by atoms with Gasteiger partial charge >= 0.3 is 0 Å². The first kappa shape index (κ1) is 14.2. The molecule has 1 fully saturated rings. The molecule has 0 radical (unpaired) electrons. The van der Waals surface area contributed by atoms with Crippen molar-refractivity contribution in [2.75, 3.05) is 25.6 Å². The molecule has 2 atom stereocenters. The summed E-state index contributed by atoms with van der Waals surface area (Å²) in [5.74, 6) is 2.02. The number of benzene rings is 1. The van der Waals surface area contributed by atoms with Gasteiger partial charge in [-0.05, 0) is 42.7 Å². The van der Waals surface area contributed by atoms with Gasteiger partial charge in [0.1, 0.15) is 17.9 Å². The monoisotopic (exact) mass is 308 g/mol. The normalized spacial score (nSPS) is 24.7. The summed E-state index contributed by atoms with van der Waals surface area (Å²) in [5.41, 5.74) is 3.42. The number of ether oxygens (including phenoxy) is 1. The molecule has 1 aromatic heterocycles. The molecule has 2 heterocycles. The summed E-state index contributed by atoms with van der Waals surface area (Å²) in [4.78, 5) is 17.7. The molecule has 2 aliphatic rings. The van der Waals surface area contributed by atoms with Crippen molar-refractivity contribution < 1.29 is 9.53 Å². The van der Waals surface area contributed by atoms with Crippen molar-refractivity contribution in [3.63, 3.8) is 0 Å². The zero-order valence-corrected chi connectivity index (χ0v) is 13.5. The van der Waals surface area contributed by atoms with Crippen LogP contribution in [0.25, 0.3) is 11.1 Å². The number of anilines is 1. The first-order valence-electron chi connectivity index (χ1n) is 8.00. The number of carbonyl (C=O) groups excluding carboxylic acids is 1. The summed E-state index contributed by atoms with van der Waals surface area (Å²) in [6.07, 6.45) is 4.89. The summed E-state index contributed by atoms with van der Waals surface area (Å²) < 4.78 is 5.80. The van der Waals surface area contributed by atoms with Crippen LogP contribution in [-0.4, -0.2) is 32.0 Å². The van der Waals surface area contributed by atoms with Gasteiger partial charge in [-0.15, -0.1) is 0 Å². The van der Waals surface area contributed by atoms with Gasteiger partial charge in [0.25, 0.3) is 0 Å². The van der Waals surface area contributed by atoms with Crippen LogP contribution < -0.4 is 9.64 Å². The summed E-state index contributed by atoms with van der Waals surface area (Å²) >= 11 is 0. The largest absolute Gasteiger partial charge is 0.493 e. The van der Waals surface area contributed by atoms with Crippen molar-refractivity contribution >= 4 is 12.1 Å². The lowest BCUT2D eigenvalue weighted by atomic mass is 9.86. The Morgan fingerprint density at radius 2 is 2.09 bits per heavy atom. The van der Waals surface area contributed by atoms with Crippen LogP contribution in [0.2, 0.25) is 0 Å². The van der Waals surface area contributed by atoms with Crippen LogP contribution in [0.5, 0.6) is 5.75 Å². The van der Waals surface area contributed by atoms with Crippen LogP contribution >= 0.6 is 0 Å². The minimum absolute atomic E-state index is 0.0162. The average molecular weight is 308 g/mol. The molecule has 1 aromatic carbocycles. The molecular formula is C19H20N2O2. The van der Waals surface area contributed by atoms with Gasteiger partial charge < -0.3 is 14.4 Å². The fourth-order valence-electron chi connectivity index (χ4n) is 3.63. The third-order valence-electron chi connectivity index (χ3n) is 5.16. The molecule has 0 bridgehead atoms. The molecule has 2 aromatic rings. The molecule has 4 rings (SSSR count). The molecule has 118 valence electrons. The highest BCUT2D eigenvalue weighted by Gasteiger charge is 2.57. The highest BCUT2D eigenvalue weighted by Crippen LogP contribution is 2.60. The third-order valence-corrected chi connectivity index (χ3v) is 5.16. The van der Waals surface area contributed by atoms with E-state index in [9.17, 15) is 4.79 Å². The Balaban J connectivity index is 1.73. The van der Waals surface area contributed by atoms with E-state index in [0.29, 0.717) is 6.61 Å². The number of rotatable bonds is 3. The number of hydrogen-bond acceptors (Lipinski definition) is 4. The maximum Gasteiger partial charge on any atom is 0.127 e. The van der Waals surface area contributed by atoms with Gasteiger partial charge in [0.2, 0.25) is 0 Å². The lowest BCUT2D eigenvalue weighted by Crippen LogP contribution is -2.22. The first-order valence-corrected chi connectivity index (χ1v) is 8.00. The maximum absolute atomic E-state index is 11.3. The molecule has 4 heteroatoms. The number of nitrogens with zero attached hydrogens (tertiary/aromatic N) is 2. The molecular weight excluding hydrogens is 288 g/mol. The molecule has 1 spiro atoms. The van der Waals surface area contributed by atoms with Gasteiger partial charge in [-0.25, -0.2) is 4.98 Å². The Labute approximate surface area is 136 Å². The number of pyridine rings is 1. The molecule has 1 aliphatic carbocycles.